The van der Waals surface area contributed by atoms with Gasteiger partial charge in [0.05, 0.1) is 0 Å². The summed E-state index contributed by atoms with van der Waals surface area (Å²) in [5.41, 5.74) is 1.01. The van der Waals surface area contributed by atoms with E-state index in [2.05, 4.69) is 19.4 Å². The van der Waals surface area contributed by atoms with Gasteiger partial charge in [0.1, 0.15) is 0 Å². The van der Waals surface area contributed by atoms with Gasteiger partial charge in [-0.3, -0.25) is 0 Å². The second-order valence-corrected chi connectivity index (χ2v) is 7.20. The SMILES string of the molecule is CCCNS(=O)(=O)N(CC)Cc1ccc(-c2noc(C(F)(F)F)n2)cc1. The highest BCUT2D eigenvalue weighted by molar-refractivity contribution is 7.87. The summed E-state index contributed by atoms with van der Waals surface area (Å²) in [6, 6.07) is 6.24. The number of alkyl halides is 3. The molecule has 0 saturated carbocycles. The van der Waals surface area contributed by atoms with Crippen LogP contribution in [0.4, 0.5) is 13.2 Å². The first-order chi connectivity index (χ1) is 12.2. The summed E-state index contributed by atoms with van der Waals surface area (Å²) in [4.78, 5) is 3.31. The summed E-state index contributed by atoms with van der Waals surface area (Å²) in [7, 11) is -3.59. The molecule has 2 aromatic rings. The van der Waals surface area contributed by atoms with Gasteiger partial charge in [-0.25, -0.2) is 4.72 Å². The van der Waals surface area contributed by atoms with Gasteiger partial charge in [0, 0.05) is 25.2 Å². The number of rotatable bonds is 8. The molecule has 1 aromatic carbocycles. The Labute approximate surface area is 149 Å². The number of halogens is 3. The Balaban J connectivity index is 2.12. The largest absolute Gasteiger partial charge is 0.471 e. The van der Waals surface area contributed by atoms with Crippen LogP contribution in [0.3, 0.4) is 0 Å². The van der Waals surface area contributed by atoms with Crippen LogP contribution in [0.2, 0.25) is 0 Å². The Morgan fingerprint density at radius 1 is 1.19 bits per heavy atom. The maximum atomic E-state index is 12.5. The van der Waals surface area contributed by atoms with E-state index in [-0.39, 0.29) is 18.9 Å². The highest BCUT2D eigenvalue weighted by atomic mass is 32.2. The maximum Gasteiger partial charge on any atom is 0.471 e. The topological polar surface area (TPSA) is 88.3 Å². The number of benzene rings is 1. The van der Waals surface area contributed by atoms with Crippen molar-refractivity contribution in [1.82, 2.24) is 19.2 Å². The van der Waals surface area contributed by atoms with Crippen molar-refractivity contribution < 1.29 is 26.1 Å². The Hall–Kier alpha value is -1.98. The molecule has 11 heteroatoms. The molecule has 0 aliphatic rings. The van der Waals surface area contributed by atoms with Crippen molar-refractivity contribution in [3.05, 3.63) is 35.7 Å². The quantitative estimate of drug-likeness (QED) is 0.746. The van der Waals surface area contributed by atoms with Crippen LogP contribution in [0.25, 0.3) is 11.4 Å². The van der Waals surface area contributed by atoms with E-state index in [1.807, 2.05) is 6.92 Å². The van der Waals surface area contributed by atoms with Gasteiger partial charge in [-0.15, -0.1) is 0 Å². The van der Waals surface area contributed by atoms with Gasteiger partial charge in [0.25, 0.3) is 10.2 Å². The maximum absolute atomic E-state index is 12.5. The minimum absolute atomic E-state index is 0.135. The summed E-state index contributed by atoms with van der Waals surface area (Å²) in [6.07, 6.45) is -4.03. The lowest BCUT2D eigenvalue weighted by Gasteiger charge is -2.20. The van der Waals surface area contributed by atoms with Crippen LogP contribution in [-0.4, -0.2) is 36.0 Å². The van der Waals surface area contributed by atoms with Crippen molar-refractivity contribution in [2.24, 2.45) is 0 Å². The van der Waals surface area contributed by atoms with E-state index in [0.717, 1.165) is 0 Å². The fourth-order valence-corrected chi connectivity index (χ4v) is 3.41. The van der Waals surface area contributed by atoms with Crippen molar-refractivity contribution in [2.75, 3.05) is 13.1 Å². The van der Waals surface area contributed by atoms with Crippen molar-refractivity contribution in [3.8, 4) is 11.4 Å². The van der Waals surface area contributed by atoms with E-state index in [1.54, 1.807) is 19.1 Å². The summed E-state index contributed by atoms with van der Waals surface area (Å²) >= 11 is 0. The van der Waals surface area contributed by atoms with Gasteiger partial charge in [-0.2, -0.15) is 30.9 Å². The number of aromatic nitrogens is 2. The number of nitrogens with one attached hydrogen (secondary N) is 1. The monoisotopic (exact) mass is 392 g/mol. The highest BCUT2D eigenvalue weighted by Crippen LogP contribution is 2.29. The second kappa shape index (κ2) is 8.14. The minimum atomic E-state index is -4.70. The molecule has 26 heavy (non-hydrogen) atoms. The van der Waals surface area contributed by atoms with E-state index >= 15 is 0 Å². The summed E-state index contributed by atoms with van der Waals surface area (Å²) in [5, 5.41) is 3.31. The van der Waals surface area contributed by atoms with Gasteiger partial charge in [-0.05, 0) is 12.0 Å². The van der Waals surface area contributed by atoms with E-state index < -0.39 is 22.3 Å². The molecular formula is C15H19F3N4O3S. The minimum Gasteiger partial charge on any atom is -0.329 e. The Morgan fingerprint density at radius 2 is 1.85 bits per heavy atom. The van der Waals surface area contributed by atoms with E-state index in [1.165, 1.54) is 16.4 Å². The molecule has 0 bridgehead atoms. The predicted molar refractivity (Wildman–Crippen MR) is 88.0 cm³/mol. The van der Waals surface area contributed by atoms with Crippen molar-refractivity contribution in [3.63, 3.8) is 0 Å². The molecule has 0 atom stereocenters. The third kappa shape index (κ3) is 5.02. The molecule has 1 heterocycles. The molecule has 0 aliphatic heterocycles. The fourth-order valence-electron chi connectivity index (χ4n) is 2.11. The molecule has 0 radical (unpaired) electrons. The van der Waals surface area contributed by atoms with Crippen LogP contribution in [-0.2, 0) is 22.9 Å². The molecule has 7 nitrogen and oxygen atoms in total. The number of nitrogens with zero attached hydrogens (tertiary/aromatic N) is 3. The molecule has 0 spiro atoms. The lowest BCUT2D eigenvalue weighted by Crippen LogP contribution is -2.40. The lowest BCUT2D eigenvalue weighted by atomic mass is 10.1. The zero-order valence-corrected chi connectivity index (χ0v) is 15.1. The summed E-state index contributed by atoms with van der Waals surface area (Å²) in [6.45, 7) is 4.34. The molecule has 0 unspecified atom stereocenters. The molecule has 1 N–H and O–H groups in total. The van der Waals surface area contributed by atoms with Crippen molar-refractivity contribution in [2.45, 2.75) is 33.0 Å². The third-order valence-corrected chi connectivity index (χ3v) is 5.10. The predicted octanol–water partition coefficient (Wildman–Crippen LogP) is 2.82. The van der Waals surface area contributed by atoms with Crippen molar-refractivity contribution in [1.29, 1.82) is 0 Å². The average molecular weight is 392 g/mol. The fraction of sp³-hybridized carbons (Fsp3) is 0.467. The van der Waals surface area contributed by atoms with Crippen LogP contribution in [0, 0.1) is 0 Å². The first-order valence-electron chi connectivity index (χ1n) is 7.92. The lowest BCUT2D eigenvalue weighted by molar-refractivity contribution is -0.159. The first kappa shape index (κ1) is 20.3. The zero-order valence-electron chi connectivity index (χ0n) is 14.2. The van der Waals surface area contributed by atoms with Gasteiger partial charge in [-0.1, -0.05) is 43.3 Å². The molecule has 0 aliphatic carbocycles. The van der Waals surface area contributed by atoms with Gasteiger partial charge in [0.2, 0.25) is 5.82 Å². The van der Waals surface area contributed by atoms with Crippen LogP contribution in [0.15, 0.2) is 28.8 Å². The van der Waals surface area contributed by atoms with Crippen molar-refractivity contribution >= 4 is 10.2 Å². The van der Waals surface area contributed by atoms with Gasteiger partial charge >= 0.3 is 12.1 Å². The third-order valence-electron chi connectivity index (χ3n) is 3.47. The Bertz CT molecular complexity index is 819. The molecule has 0 saturated heterocycles. The second-order valence-electron chi connectivity index (χ2n) is 5.44. The first-order valence-corrected chi connectivity index (χ1v) is 9.36. The van der Waals surface area contributed by atoms with Crippen LogP contribution >= 0.6 is 0 Å². The van der Waals surface area contributed by atoms with Gasteiger partial charge < -0.3 is 4.52 Å². The van der Waals surface area contributed by atoms with E-state index in [4.69, 9.17) is 0 Å². The van der Waals surface area contributed by atoms with Crippen LogP contribution < -0.4 is 4.72 Å². The smallest absolute Gasteiger partial charge is 0.329 e. The Morgan fingerprint density at radius 3 is 2.35 bits per heavy atom. The van der Waals surface area contributed by atoms with Gasteiger partial charge in [0.15, 0.2) is 0 Å². The van der Waals surface area contributed by atoms with Crippen LogP contribution in [0.1, 0.15) is 31.7 Å². The molecule has 144 valence electrons. The molecule has 1 aromatic heterocycles. The normalized spacial score (nSPS) is 12.7. The van der Waals surface area contributed by atoms with E-state index in [9.17, 15) is 21.6 Å². The van der Waals surface area contributed by atoms with E-state index in [0.29, 0.717) is 24.1 Å². The standard InChI is InChI=1S/C15H19F3N4O3S/c1-3-9-19-26(23,24)22(4-2)10-11-5-7-12(8-6-11)13-20-14(25-21-13)15(16,17)18/h5-8,19H,3-4,9-10H2,1-2H3. The molecule has 0 amide bonds. The van der Waals surface area contributed by atoms with Crippen LogP contribution in [0.5, 0.6) is 0 Å². The zero-order chi connectivity index (χ0) is 19.4. The number of hydrogen-bond acceptors (Lipinski definition) is 5. The average Bonchev–Trinajstić information content (AvgIpc) is 3.08. The Kier molecular flexibility index (Phi) is 6.37. The molecular weight excluding hydrogens is 373 g/mol. The molecule has 2 rings (SSSR count). The summed E-state index contributed by atoms with van der Waals surface area (Å²) < 4.78 is 69.8. The number of hydrogen-bond donors (Lipinski definition) is 1. The highest BCUT2D eigenvalue weighted by Gasteiger charge is 2.38. The molecule has 0 fully saturated rings. The summed E-state index contributed by atoms with van der Waals surface area (Å²) in [5.74, 6) is -1.60.